The van der Waals surface area contributed by atoms with Crippen LogP contribution in [0.2, 0.25) is 0 Å². The van der Waals surface area contributed by atoms with Crippen LogP contribution in [0.5, 0.6) is 0 Å². The summed E-state index contributed by atoms with van der Waals surface area (Å²) in [6.45, 7) is 0.569. The fraction of sp³-hybridized carbons (Fsp3) is 0.900. The van der Waals surface area contributed by atoms with Crippen LogP contribution in [0, 0.1) is 0 Å². The quantitative estimate of drug-likeness (QED) is 0.622. The number of nitrogens with one attached hydrogen (secondary N) is 2. The molecule has 0 saturated heterocycles. The molecule has 2 N–H and O–H groups in total. The fourth-order valence-electron chi connectivity index (χ4n) is 1.02. The Balaban J connectivity index is 3.25. The minimum Gasteiger partial charge on any atom is -0.382 e. The number of urea groups is 1. The molecule has 0 saturated carbocycles. The lowest BCUT2D eigenvalue weighted by Crippen LogP contribution is -2.41. The fourth-order valence-corrected chi connectivity index (χ4v) is 1.02. The number of amides is 2. The lowest BCUT2D eigenvalue weighted by molar-refractivity contribution is -0.122. The monoisotopic (exact) mass is 272 g/mol. The highest BCUT2D eigenvalue weighted by molar-refractivity contribution is 5.73. The molecule has 0 spiro atoms. The molecule has 0 fully saturated rings. The van der Waals surface area contributed by atoms with Gasteiger partial charge in [-0.1, -0.05) is 0 Å². The van der Waals surface area contributed by atoms with Gasteiger partial charge in [0.2, 0.25) is 0 Å². The molecule has 5 nitrogen and oxygen atoms in total. The Morgan fingerprint density at radius 2 is 1.83 bits per heavy atom. The molecule has 0 atom stereocenters. The van der Waals surface area contributed by atoms with Crippen LogP contribution in [0.15, 0.2) is 0 Å². The first kappa shape index (κ1) is 17.0. The number of hydrogen-bond donors (Lipinski definition) is 2. The molecule has 0 aromatic heterocycles. The molecule has 0 aromatic carbocycles. The Morgan fingerprint density at radius 3 is 2.44 bits per heavy atom. The summed E-state index contributed by atoms with van der Waals surface area (Å²) >= 11 is 0. The number of carbonyl (C=O) groups is 1. The topological polar surface area (TPSA) is 59.6 Å². The van der Waals surface area contributed by atoms with Crippen LogP contribution >= 0.6 is 0 Å². The van der Waals surface area contributed by atoms with Crippen molar-refractivity contribution in [1.29, 1.82) is 0 Å². The van der Waals surface area contributed by atoms with Crippen LogP contribution in [0.4, 0.5) is 18.0 Å². The Morgan fingerprint density at radius 1 is 1.11 bits per heavy atom. The summed E-state index contributed by atoms with van der Waals surface area (Å²) in [6.07, 6.45) is -3.01. The van der Waals surface area contributed by atoms with Gasteiger partial charge in [-0.15, -0.1) is 0 Å². The summed E-state index contributed by atoms with van der Waals surface area (Å²) in [5.74, 6) is 0. The van der Waals surface area contributed by atoms with Crippen molar-refractivity contribution < 1.29 is 27.4 Å². The van der Waals surface area contributed by atoms with Crippen LogP contribution in [-0.4, -0.2) is 52.2 Å². The molecule has 0 aliphatic carbocycles. The standard InChI is InChI=1S/C10H19F3N2O3/c1-17-6-7-18-5-3-2-4-14-9(16)15-8-10(11,12)13/h2-8H2,1H3,(H2,14,15,16). The van der Waals surface area contributed by atoms with E-state index in [0.29, 0.717) is 32.8 Å². The van der Waals surface area contributed by atoms with E-state index in [4.69, 9.17) is 9.47 Å². The van der Waals surface area contributed by atoms with Gasteiger partial charge in [-0.05, 0) is 12.8 Å². The molecule has 0 rings (SSSR count). The van der Waals surface area contributed by atoms with Crippen LogP contribution in [0.25, 0.3) is 0 Å². The second kappa shape index (κ2) is 9.95. The Hall–Kier alpha value is -1.02. The maximum absolute atomic E-state index is 11.7. The maximum Gasteiger partial charge on any atom is 0.405 e. The first-order valence-corrected chi connectivity index (χ1v) is 5.61. The van der Waals surface area contributed by atoms with Crippen LogP contribution in [-0.2, 0) is 9.47 Å². The Labute approximate surface area is 104 Å². The van der Waals surface area contributed by atoms with Crippen LogP contribution < -0.4 is 10.6 Å². The normalized spacial score (nSPS) is 11.3. The number of ether oxygens (including phenoxy) is 2. The van der Waals surface area contributed by atoms with Crippen molar-refractivity contribution in [3.8, 4) is 0 Å². The predicted octanol–water partition coefficient (Wildman–Crippen LogP) is 1.29. The lowest BCUT2D eigenvalue weighted by atomic mass is 10.3. The highest BCUT2D eigenvalue weighted by atomic mass is 19.4. The number of alkyl halides is 3. The summed E-state index contributed by atoms with van der Waals surface area (Å²) in [4.78, 5) is 10.9. The van der Waals surface area contributed by atoms with Crippen molar-refractivity contribution in [2.75, 3.05) is 40.0 Å². The van der Waals surface area contributed by atoms with E-state index in [2.05, 4.69) is 5.32 Å². The average molecular weight is 272 g/mol. The van der Waals surface area contributed by atoms with Crippen molar-refractivity contribution >= 4 is 6.03 Å². The summed E-state index contributed by atoms with van der Waals surface area (Å²) in [5, 5.41) is 4.05. The molecular formula is C10H19F3N2O3. The summed E-state index contributed by atoms with van der Waals surface area (Å²) < 4.78 is 45.2. The molecule has 0 radical (unpaired) electrons. The van der Waals surface area contributed by atoms with Gasteiger partial charge < -0.3 is 20.1 Å². The third-order valence-corrected chi connectivity index (χ3v) is 1.88. The van der Waals surface area contributed by atoms with E-state index in [-0.39, 0.29) is 0 Å². The molecule has 8 heteroatoms. The minimum atomic E-state index is -4.38. The van der Waals surface area contributed by atoms with Gasteiger partial charge in [0.05, 0.1) is 13.2 Å². The molecule has 2 amide bonds. The molecule has 18 heavy (non-hydrogen) atoms. The second-order valence-corrected chi connectivity index (χ2v) is 3.54. The van der Waals surface area contributed by atoms with Gasteiger partial charge in [0.1, 0.15) is 6.54 Å². The Kier molecular flexibility index (Phi) is 9.39. The Bertz CT molecular complexity index is 225. The van der Waals surface area contributed by atoms with Gasteiger partial charge in [-0.25, -0.2) is 4.79 Å². The van der Waals surface area contributed by atoms with E-state index in [1.807, 2.05) is 0 Å². The predicted molar refractivity (Wildman–Crippen MR) is 59.4 cm³/mol. The summed E-state index contributed by atoms with van der Waals surface area (Å²) in [6, 6.07) is -0.812. The zero-order valence-electron chi connectivity index (χ0n) is 10.3. The van der Waals surface area contributed by atoms with Gasteiger partial charge in [0.15, 0.2) is 0 Å². The minimum absolute atomic E-state index is 0.317. The van der Waals surface area contributed by atoms with E-state index in [1.54, 1.807) is 12.4 Å². The molecule has 0 unspecified atom stereocenters. The van der Waals surface area contributed by atoms with Crippen molar-refractivity contribution in [3.63, 3.8) is 0 Å². The van der Waals surface area contributed by atoms with Gasteiger partial charge in [0.25, 0.3) is 0 Å². The molecule has 0 heterocycles. The zero-order valence-corrected chi connectivity index (χ0v) is 10.3. The second-order valence-electron chi connectivity index (χ2n) is 3.54. The van der Waals surface area contributed by atoms with E-state index in [1.165, 1.54) is 0 Å². The lowest BCUT2D eigenvalue weighted by Gasteiger charge is -2.09. The van der Waals surface area contributed by atoms with Gasteiger partial charge in [-0.3, -0.25) is 0 Å². The van der Waals surface area contributed by atoms with E-state index < -0.39 is 18.8 Å². The van der Waals surface area contributed by atoms with Crippen LogP contribution in [0.1, 0.15) is 12.8 Å². The largest absolute Gasteiger partial charge is 0.405 e. The van der Waals surface area contributed by atoms with E-state index in [0.717, 1.165) is 6.42 Å². The maximum atomic E-state index is 11.7. The van der Waals surface area contributed by atoms with Crippen LogP contribution in [0.3, 0.4) is 0 Å². The van der Waals surface area contributed by atoms with Gasteiger partial charge >= 0.3 is 12.2 Å². The smallest absolute Gasteiger partial charge is 0.382 e. The highest BCUT2D eigenvalue weighted by Gasteiger charge is 2.27. The number of hydrogen-bond acceptors (Lipinski definition) is 3. The van der Waals surface area contributed by atoms with Crippen molar-refractivity contribution in [3.05, 3.63) is 0 Å². The number of carbonyl (C=O) groups excluding carboxylic acids is 1. The van der Waals surface area contributed by atoms with Crippen molar-refractivity contribution in [2.24, 2.45) is 0 Å². The molecule has 108 valence electrons. The number of methoxy groups -OCH3 is 1. The van der Waals surface area contributed by atoms with E-state index >= 15 is 0 Å². The van der Waals surface area contributed by atoms with Gasteiger partial charge in [0, 0.05) is 20.3 Å². The number of unbranched alkanes of at least 4 members (excludes halogenated alkanes) is 1. The average Bonchev–Trinajstić information content (AvgIpc) is 2.29. The highest BCUT2D eigenvalue weighted by Crippen LogP contribution is 2.11. The number of halogens is 3. The molecule has 0 aromatic rings. The third kappa shape index (κ3) is 13.0. The summed E-state index contributed by atoms with van der Waals surface area (Å²) in [5.41, 5.74) is 0. The number of rotatable bonds is 9. The van der Waals surface area contributed by atoms with Crippen molar-refractivity contribution in [1.82, 2.24) is 10.6 Å². The molecule has 0 aliphatic rings. The molecular weight excluding hydrogens is 253 g/mol. The summed E-state index contributed by atoms with van der Waals surface area (Å²) in [7, 11) is 1.58. The first-order chi connectivity index (χ1) is 8.45. The third-order valence-electron chi connectivity index (χ3n) is 1.88. The van der Waals surface area contributed by atoms with Gasteiger partial charge in [-0.2, -0.15) is 13.2 Å². The molecule has 0 aliphatic heterocycles. The zero-order chi connectivity index (χ0) is 13.9. The SMILES string of the molecule is COCCOCCCCNC(=O)NCC(F)(F)F. The molecule has 0 bridgehead atoms. The van der Waals surface area contributed by atoms with E-state index in [9.17, 15) is 18.0 Å². The van der Waals surface area contributed by atoms with Crippen molar-refractivity contribution in [2.45, 2.75) is 19.0 Å². The first-order valence-electron chi connectivity index (χ1n) is 5.61.